The van der Waals surface area contributed by atoms with E-state index in [2.05, 4.69) is 30.2 Å². The third-order valence-corrected chi connectivity index (χ3v) is 4.50. The molecular formula is C18H24N2O3. The first-order valence-electron chi connectivity index (χ1n) is 8.05. The summed E-state index contributed by atoms with van der Waals surface area (Å²) in [4.78, 5) is 15.6. The van der Waals surface area contributed by atoms with Crippen LogP contribution in [-0.4, -0.2) is 31.2 Å². The average molecular weight is 316 g/mol. The van der Waals surface area contributed by atoms with Gasteiger partial charge < -0.3 is 14.5 Å². The van der Waals surface area contributed by atoms with E-state index in [0.717, 1.165) is 23.1 Å². The second kappa shape index (κ2) is 6.24. The molecule has 2 heterocycles. The van der Waals surface area contributed by atoms with Crippen molar-refractivity contribution in [2.75, 3.05) is 14.2 Å². The predicted molar refractivity (Wildman–Crippen MR) is 89.7 cm³/mol. The van der Waals surface area contributed by atoms with Crippen molar-refractivity contribution in [1.29, 1.82) is 0 Å². The fourth-order valence-corrected chi connectivity index (χ4v) is 3.44. The number of methoxy groups -OCH3 is 2. The maximum absolute atomic E-state index is 12.1. The summed E-state index contributed by atoms with van der Waals surface area (Å²) in [7, 11) is 3.11. The molecule has 2 atom stereocenters. The Morgan fingerprint density at radius 3 is 2.78 bits per heavy atom. The Hall–Kier alpha value is -2.01. The molecule has 2 N–H and O–H groups in total. The van der Waals surface area contributed by atoms with Crippen LogP contribution in [0.15, 0.2) is 18.2 Å². The van der Waals surface area contributed by atoms with Gasteiger partial charge in [-0.1, -0.05) is 13.8 Å². The van der Waals surface area contributed by atoms with Crippen LogP contribution in [0.25, 0.3) is 10.9 Å². The van der Waals surface area contributed by atoms with Crippen LogP contribution in [0, 0.1) is 5.92 Å². The molecule has 0 aliphatic carbocycles. The van der Waals surface area contributed by atoms with Gasteiger partial charge >= 0.3 is 5.97 Å². The van der Waals surface area contributed by atoms with Crippen molar-refractivity contribution in [3.05, 3.63) is 29.5 Å². The molecule has 5 heteroatoms. The van der Waals surface area contributed by atoms with Crippen molar-refractivity contribution in [2.45, 2.75) is 38.8 Å². The number of aromatic nitrogens is 1. The van der Waals surface area contributed by atoms with Crippen molar-refractivity contribution in [3.63, 3.8) is 0 Å². The number of hydrogen-bond donors (Lipinski definition) is 2. The number of ether oxygens (including phenoxy) is 2. The van der Waals surface area contributed by atoms with E-state index in [-0.39, 0.29) is 18.1 Å². The van der Waals surface area contributed by atoms with Crippen LogP contribution >= 0.6 is 0 Å². The number of fused-ring (bicyclic) bond motifs is 3. The fourth-order valence-electron chi connectivity index (χ4n) is 3.44. The van der Waals surface area contributed by atoms with Crippen LogP contribution in [0.3, 0.4) is 0 Å². The standard InChI is InChI=1S/C18H24N2O3/c1-10(2)7-15-17-13(9-16(19-15)18(21)23-4)12-6-5-11(22-3)8-14(12)20-17/h5-6,8,10,15-16,19-20H,7,9H2,1-4H3/t15-,16+/m0/s1. The molecule has 1 aromatic heterocycles. The van der Waals surface area contributed by atoms with Crippen LogP contribution < -0.4 is 10.1 Å². The van der Waals surface area contributed by atoms with Gasteiger partial charge in [-0.3, -0.25) is 10.1 Å². The van der Waals surface area contributed by atoms with Crippen LogP contribution in [0.5, 0.6) is 5.75 Å². The van der Waals surface area contributed by atoms with Crippen molar-refractivity contribution in [1.82, 2.24) is 10.3 Å². The lowest BCUT2D eigenvalue weighted by Gasteiger charge is -2.31. The summed E-state index contributed by atoms with van der Waals surface area (Å²) < 4.78 is 10.3. The van der Waals surface area contributed by atoms with Crippen LogP contribution in [0.4, 0.5) is 0 Å². The van der Waals surface area contributed by atoms with Gasteiger partial charge in [-0.2, -0.15) is 0 Å². The first-order chi connectivity index (χ1) is 11.0. The summed E-state index contributed by atoms with van der Waals surface area (Å²) in [6.45, 7) is 4.38. The largest absolute Gasteiger partial charge is 0.497 e. The van der Waals surface area contributed by atoms with Gasteiger partial charge in [-0.25, -0.2) is 0 Å². The number of carbonyl (C=O) groups excluding carboxylic acids is 1. The molecule has 0 saturated heterocycles. The van der Waals surface area contributed by atoms with E-state index in [1.165, 1.54) is 18.4 Å². The average Bonchev–Trinajstić information content (AvgIpc) is 2.91. The third kappa shape index (κ3) is 2.93. The molecule has 1 aliphatic rings. The van der Waals surface area contributed by atoms with Crippen molar-refractivity contribution in [3.8, 4) is 5.75 Å². The number of benzene rings is 1. The summed E-state index contributed by atoms with van der Waals surface area (Å²) in [5, 5.41) is 4.60. The van der Waals surface area contributed by atoms with Crippen LogP contribution in [0.2, 0.25) is 0 Å². The molecule has 0 unspecified atom stereocenters. The van der Waals surface area contributed by atoms with Gasteiger partial charge in [0, 0.05) is 35.1 Å². The number of H-pyrrole nitrogens is 1. The Bertz CT molecular complexity index is 720. The Morgan fingerprint density at radius 2 is 2.13 bits per heavy atom. The molecule has 2 aromatic rings. The zero-order valence-corrected chi connectivity index (χ0v) is 14.1. The van der Waals surface area contributed by atoms with Gasteiger partial charge in [-0.15, -0.1) is 0 Å². The van der Waals surface area contributed by atoms with E-state index in [1.54, 1.807) is 7.11 Å². The number of hydrogen-bond acceptors (Lipinski definition) is 4. The summed E-state index contributed by atoms with van der Waals surface area (Å²) in [5.41, 5.74) is 3.44. The Balaban J connectivity index is 2.07. The molecule has 0 bridgehead atoms. The van der Waals surface area contributed by atoms with Gasteiger partial charge in [0.15, 0.2) is 0 Å². The minimum atomic E-state index is -0.294. The van der Waals surface area contributed by atoms with E-state index in [0.29, 0.717) is 12.3 Å². The molecule has 0 saturated carbocycles. The molecule has 1 aliphatic heterocycles. The van der Waals surface area contributed by atoms with Gasteiger partial charge in [0.2, 0.25) is 0 Å². The monoisotopic (exact) mass is 316 g/mol. The van der Waals surface area contributed by atoms with Gasteiger partial charge in [0.25, 0.3) is 0 Å². The van der Waals surface area contributed by atoms with Gasteiger partial charge in [0.1, 0.15) is 11.8 Å². The maximum atomic E-state index is 12.1. The Labute approximate surface area is 136 Å². The van der Waals surface area contributed by atoms with E-state index >= 15 is 0 Å². The maximum Gasteiger partial charge on any atom is 0.323 e. The normalized spacial score (nSPS) is 20.6. The molecule has 0 radical (unpaired) electrons. The Morgan fingerprint density at radius 1 is 1.35 bits per heavy atom. The number of nitrogens with one attached hydrogen (secondary N) is 2. The lowest BCUT2D eigenvalue weighted by Crippen LogP contribution is -2.45. The zero-order valence-electron chi connectivity index (χ0n) is 14.1. The van der Waals surface area contributed by atoms with Crippen molar-refractivity contribution in [2.24, 2.45) is 5.92 Å². The molecule has 1 aromatic carbocycles. The second-order valence-corrected chi connectivity index (χ2v) is 6.56. The minimum absolute atomic E-state index is 0.126. The number of esters is 1. The topological polar surface area (TPSA) is 63.4 Å². The highest BCUT2D eigenvalue weighted by Crippen LogP contribution is 2.36. The fraction of sp³-hybridized carbons (Fsp3) is 0.500. The van der Waals surface area contributed by atoms with E-state index in [1.807, 2.05) is 12.1 Å². The summed E-state index contributed by atoms with van der Waals surface area (Å²) >= 11 is 0. The smallest absolute Gasteiger partial charge is 0.323 e. The molecule has 0 amide bonds. The third-order valence-electron chi connectivity index (χ3n) is 4.50. The molecular weight excluding hydrogens is 292 g/mol. The summed E-state index contributed by atoms with van der Waals surface area (Å²) in [6.07, 6.45) is 1.60. The zero-order chi connectivity index (χ0) is 16.6. The Kier molecular flexibility index (Phi) is 4.31. The molecule has 3 rings (SSSR count). The molecule has 5 nitrogen and oxygen atoms in total. The predicted octanol–water partition coefficient (Wildman–Crippen LogP) is 2.95. The first-order valence-corrected chi connectivity index (χ1v) is 8.05. The quantitative estimate of drug-likeness (QED) is 0.851. The minimum Gasteiger partial charge on any atom is -0.497 e. The van der Waals surface area contributed by atoms with Gasteiger partial charge in [-0.05, 0) is 30.0 Å². The van der Waals surface area contributed by atoms with Crippen LogP contribution in [-0.2, 0) is 16.0 Å². The highest BCUT2D eigenvalue weighted by atomic mass is 16.5. The SMILES string of the molecule is COC(=O)[C@H]1Cc2c([nH]c3cc(OC)ccc23)[C@H](CC(C)C)N1. The number of carbonyl (C=O) groups is 1. The molecule has 0 spiro atoms. The van der Waals surface area contributed by atoms with E-state index < -0.39 is 0 Å². The summed E-state index contributed by atoms with van der Waals surface area (Å²) in [6, 6.07) is 5.87. The lowest BCUT2D eigenvalue weighted by atomic mass is 9.90. The molecule has 23 heavy (non-hydrogen) atoms. The highest BCUT2D eigenvalue weighted by molar-refractivity contribution is 5.88. The number of rotatable bonds is 4. The first kappa shape index (κ1) is 15.9. The molecule has 124 valence electrons. The molecule has 0 fully saturated rings. The summed E-state index contributed by atoms with van der Waals surface area (Å²) in [5.74, 6) is 1.15. The van der Waals surface area contributed by atoms with E-state index in [9.17, 15) is 4.79 Å². The van der Waals surface area contributed by atoms with E-state index in [4.69, 9.17) is 9.47 Å². The van der Waals surface area contributed by atoms with Crippen LogP contribution in [0.1, 0.15) is 37.6 Å². The van der Waals surface area contributed by atoms with Crippen molar-refractivity contribution < 1.29 is 14.3 Å². The number of aromatic amines is 1. The lowest BCUT2D eigenvalue weighted by molar-refractivity contribution is -0.143. The highest BCUT2D eigenvalue weighted by Gasteiger charge is 2.33. The van der Waals surface area contributed by atoms with Crippen molar-refractivity contribution >= 4 is 16.9 Å². The second-order valence-electron chi connectivity index (χ2n) is 6.56. The van der Waals surface area contributed by atoms with Gasteiger partial charge in [0.05, 0.1) is 14.2 Å².